The monoisotopic (exact) mass is 325 g/mol. The van der Waals surface area contributed by atoms with Crippen molar-refractivity contribution in [2.24, 2.45) is 0 Å². The molecule has 0 saturated carbocycles. The molecule has 19 heavy (non-hydrogen) atoms. The highest BCUT2D eigenvalue weighted by molar-refractivity contribution is 9.10. The molecule has 2 rings (SSSR count). The van der Waals surface area contributed by atoms with Gasteiger partial charge in [-0.2, -0.15) is 0 Å². The van der Waals surface area contributed by atoms with Gasteiger partial charge < -0.3 is 5.32 Å². The lowest BCUT2D eigenvalue weighted by Crippen LogP contribution is -2.18. The molecule has 0 heterocycles. The zero-order valence-electron chi connectivity index (χ0n) is 10.5. The van der Waals surface area contributed by atoms with Crippen molar-refractivity contribution in [2.75, 3.05) is 0 Å². The molecule has 0 saturated heterocycles. The zero-order valence-corrected chi connectivity index (χ0v) is 12.0. The van der Waals surface area contributed by atoms with E-state index in [9.17, 15) is 8.78 Å². The summed E-state index contributed by atoms with van der Waals surface area (Å²) in [4.78, 5) is 0. The molecule has 1 N–H and O–H groups in total. The highest BCUT2D eigenvalue weighted by Gasteiger charge is 2.07. The van der Waals surface area contributed by atoms with Gasteiger partial charge in [0.25, 0.3) is 0 Å². The Morgan fingerprint density at radius 2 is 1.68 bits per heavy atom. The first-order chi connectivity index (χ1) is 9.06. The van der Waals surface area contributed by atoms with E-state index in [1.54, 1.807) is 18.2 Å². The standard InChI is InChI=1S/C15H14BrF2N/c1-10(11-2-5-13(17)6-3-11)19-9-12-4-7-14(18)8-15(12)16/h2-8,10,19H,9H2,1H3. The molecule has 1 nitrogen and oxygen atoms in total. The van der Waals surface area contributed by atoms with Crippen LogP contribution in [0.15, 0.2) is 46.9 Å². The summed E-state index contributed by atoms with van der Waals surface area (Å²) in [6, 6.07) is 11.1. The number of rotatable bonds is 4. The third kappa shape index (κ3) is 3.85. The van der Waals surface area contributed by atoms with E-state index >= 15 is 0 Å². The Morgan fingerprint density at radius 3 is 2.32 bits per heavy atom. The van der Waals surface area contributed by atoms with E-state index < -0.39 is 0 Å². The van der Waals surface area contributed by atoms with Crippen LogP contribution in [0.25, 0.3) is 0 Å². The molecule has 4 heteroatoms. The fourth-order valence-electron chi connectivity index (χ4n) is 1.80. The molecule has 0 spiro atoms. The summed E-state index contributed by atoms with van der Waals surface area (Å²) in [6.45, 7) is 2.62. The highest BCUT2D eigenvalue weighted by atomic mass is 79.9. The predicted molar refractivity (Wildman–Crippen MR) is 75.8 cm³/mol. The molecule has 0 bridgehead atoms. The molecule has 100 valence electrons. The molecule has 2 aromatic carbocycles. The Hall–Kier alpha value is -1.26. The number of nitrogens with one attached hydrogen (secondary N) is 1. The highest BCUT2D eigenvalue weighted by Crippen LogP contribution is 2.19. The summed E-state index contributed by atoms with van der Waals surface area (Å²) < 4.78 is 26.5. The van der Waals surface area contributed by atoms with Gasteiger partial charge in [0.15, 0.2) is 0 Å². The van der Waals surface area contributed by atoms with Gasteiger partial charge in [0.05, 0.1) is 0 Å². The number of halogens is 3. The van der Waals surface area contributed by atoms with E-state index in [0.29, 0.717) is 6.54 Å². The molecule has 0 amide bonds. The lowest BCUT2D eigenvalue weighted by atomic mass is 10.1. The van der Waals surface area contributed by atoms with E-state index in [4.69, 9.17) is 0 Å². The van der Waals surface area contributed by atoms with Gasteiger partial charge in [0.1, 0.15) is 11.6 Å². The van der Waals surface area contributed by atoms with Crippen molar-refractivity contribution in [2.45, 2.75) is 19.5 Å². The first-order valence-electron chi connectivity index (χ1n) is 5.99. The normalized spacial score (nSPS) is 12.4. The number of hydrogen-bond acceptors (Lipinski definition) is 1. The molecule has 0 aromatic heterocycles. The second kappa shape index (κ2) is 6.26. The van der Waals surface area contributed by atoms with Gasteiger partial charge in [-0.25, -0.2) is 8.78 Å². The summed E-state index contributed by atoms with van der Waals surface area (Å²) in [7, 11) is 0. The third-order valence-corrected chi connectivity index (χ3v) is 3.72. The minimum atomic E-state index is -0.262. The van der Waals surface area contributed by atoms with Gasteiger partial charge in [0.2, 0.25) is 0 Å². The van der Waals surface area contributed by atoms with Gasteiger partial charge in [-0.1, -0.05) is 34.1 Å². The molecule has 1 atom stereocenters. The van der Waals surface area contributed by atoms with Crippen LogP contribution in [0.3, 0.4) is 0 Å². The maximum Gasteiger partial charge on any atom is 0.124 e. The quantitative estimate of drug-likeness (QED) is 0.867. The fourth-order valence-corrected chi connectivity index (χ4v) is 2.29. The first kappa shape index (κ1) is 14.2. The summed E-state index contributed by atoms with van der Waals surface area (Å²) in [5, 5.41) is 3.32. The van der Waals surface area contributed by atoms with Crippen LogP contribution < -0.4 is 5.32 Å². The molecule has 0 aliphatic rings. The maximum atomic E-state index is 13.0. The van der Waals surface area contributed by atoms with E-state index in [1.807, 2.05) is 6.92 Å². The molecule has 2 aromatic rings. The smallest absolute Gasteiger partial charge is 0.124 e. The predicted octanol–water partition coefficient (Wildman–Crippen LogP) is 4.58. The second-order valence-electron chi connectivity index (χ2n) is 4.39. The van der Waals surface area contributed by atoms with Crippen LogP contribution in [-0.2, 0) is 6.54 Å². The minimum absolute atomic E-state index is 0.0950. The molecule has 1 unspecified atom stereocenters. The second-order valence-corrected chi connectivity index (χ2v) is 5.24. The molecule has 0 aliphatic carbocycles. The van der Waals surface area contributed by atoms with Crippen molar-refractivity contribution < 1.29 is 8.78 Å². The van der Waals surface area contributed by atoms with Crippen molar-refractivity contribution in [1.82, 2.24) is 5.32 Å². The Kier molecular flexibility index (Phi) is 4.66. The SMILES string of the molecule is CC(NCc1ccc(F)cc1Br)c1ccc(F)cc1. The largest absolute Gasteiger partial charge is 0.306 e. The van der Waals surface area contributed by atoms with Crippen LogP contribution in [0.2, 0.25) is 0 Å². The molecular formula is C15H14BrF2N. The van der Waals surface area contributed by atoms with Crippen molar-refractivity contribution in [3.8, 4) is 0 Å². The number of hydrogen-bond donors (Lipinski definition) is 1. The van der Waals surface area contributed by atoms with Crippen LogP contribution in [-0.4, -0.2) is 0 Å². The molecule has 0 aliphatic heterocycles. The Morgan fingerprint density at radius 1 is 1.05 bits per heavy atom. The van der Waals surface area contributed by atoms with Crippen molar-refractivity contribution >= 4 is 15.9 Å². The van der Waals surface area contributed by atoms with Crippen LogP contribution in [0.5, 0.6) is 0 Å². The van der Waals surface area contributed by atoms with Crippen molar-refractivity contribution in [1.29, 1.82) is 0 Å². The summed E-state index contributed by atoms with van der Waals surface area (Å²) >= 11 is 3.33. The van der Waals surface area contributed by atoms with Crippen LogP contribution in [0.4, 0.5) is 8.78 Å². The minimum Gasteiger partial charge on any atom is -0.306 e. The van der Waals surface area contributed by atoms with Crippen molar-refractivity contribution in [3.05, 3.63) is 69.7 Å². The first-order valence-corrected chi connectivity index (χ1v) is 6.78. The maximum absolute atomic E-state index is 13.0. The lowest BCUT2D eigenvalue weighted by molar-refractivity contribution is 0.568. The summed E-state index contributed by atoms with van der Waals surface area (Å²) in [5.74, 6) is -0.501. The van der Waals surface area contributed by atoms with E-state index in [1.165, 1.54) is 24.3 Å². The average molecular weight is 326 g/mol. The average Bonchev–Trinajstić information content (AvgIpc) is 2.38. The molecule has 0 radical (unpaired) electrons. The van der Waals surface area contributed by atoms with Crippen LogP contribution in [0, 0.1) is 11.6 Å². The van der Waals surface area contributed by atoms with Gasteiger partial charge in [-0.15, -0.1) is 0 Å². The van der Waals surface area contributed by atoms with E-state index in [0.717, 1.165) is 15.6 Å². The van der Waals surface area contributed by atoms with Gasteiger partial charge in [-0.05, 0) is 42.3 Å². The van der Waals surface area contributed by atoms with E-state index in [-0.39, 0.29) is 17.7 Å². The fraction of sp³-hybridized carbons (Fsp3) is 0.200. The van der Waals surface area contributed by atoms with Crippen LogP contribution >= 0.6 is 15.9 Å². The molecular weight excluding hydrogens is 312 g/mol. The van der Waals surface area contributed by atoms with E-state index in [2.05, 4.69) is 21.2 Å². The van der Waals surface area contributed by atoms with Crippen LogP contribution in [0.1, 0.15) is 24.1 Å². The summed E-state index contributed by atoms with van der Waals surface area (Å²) in [5.41, 5.74) is 2.00. The zero-order chi connectivity index (χ0) is 13.8. The van der Waals surface area contributed by atoms with Gasteiger partial charge in [-0.3, -0.25) is 0 Å². The topological polar surface area (TPSA) is 12.0 Å². The molecule has 0 fully saturated rings. The van der Waals surface area contributed by atoms with Crippen molar-refractivity contribution in [3.63, 3.8) is 0 Å². The third-order valence-electron chi connectivity index (χ3n) is 2.98. The Bertz CT molecular complexity index is 555. The van der Waals surface area contributed by atoms with Gasteiger partial charge in [0, 0.05) is 17.1 Å². The number of benzene rings is 2. The summed E-state index contributed by atoms with van der Waals surface area (Å²) in [6.07, 6.45) is 0. The lowest BCUT2D eigenvalue weighted by Gasteiger charge is -2.15. The van der Waals surface area contributed by atoms with Gasteiger partial charge >= 0.3 is 0 Å². The Balaban J connectivity index is 2.00. The Labute approximate surface area is 119 Å².